The zero-order valence-corrected chi connectivity index (χ0v) is 17.2. The molecule has 5 rings (SSSR count). The fourth-order valence-electron chi connectivity index (χ4n) is 6.55. The van der Waals surface area contributed by atoms with E-state index in [1.165, 1.54) is 30.5 Å². The molecule has 2 fully saturated rings. The van der Waals surface area contributed by atoms with Crippen molar-refractivity contribution in [2.75, 3.05) is 11.9 Å². The number of nitrogens with zero attached hydrogens (tertiary/aromatic N) is 1. The Morgan fingerprint density at radius 2 is 1.86 bits per heavy atom. The highest BCUT2D eigenvalue weighted by Crippen LogP contribution is 2.59. The van der Waals surface area contributed by atoms with Crippen LogP contribution in [-0.2, 0) is 17.8 Å². The lowest BCUT2D eigenvalue weighted by molar-refractivity contribution is -0.129. The molecule has 28 heavy (non-hydrogen) atoms. The van der Waals surface area contributed by atoms with Gasteiger partial charge in [-0.2, -0.15) is 0 Å². The van der Waals surface area contributed by atoms with Gasteiger partial charge in [0.05, 0.1) is 0 Å². The molecule has 3 aliphatic rings. The van der Waals surface area contributed by atoms with E-state index in [2.05, 4.69) is 67.4 Å². The molecule has 0 amide bonds. The highest BCUT2D eigenvalue weighted by molar-refractivity contribution is 5.87. The Hall–Kier alpha value is -2.09. The van der Waals surface area contributed by atoms with E-state index in [9.17, 15) is 4.79 Å². The van der Waals surface area contributed by atoms with E-state index in [1.807, 2.05) is 0 Å². The maximum Gasteiger partial charge on any atom is 0.139 e. The smallest absolute Gasteiger partial charge is 0.139 e. The molecule has 0 aliphatic heterocycles. The van der Waals surface area contributed by atoms with Gasteiger partial charge in [-0.15, -0.1) is 0 Å². The van der Waals surface area contributed by atoms with E-state index in [4.69, 9.17) is 0 Å². The first-order valence-corrected chi connectivity index (χ1v) is 11.0. The Labute approximate surface area is 169 Å². The highest BCUT2D eigenvalue weighted by atomic mass is 16.1. The number of hydrogen-bond donors (Lipinski definition) is 0. The average Bonchev–Trinajstić information content (AvgIpc) is 3.03. The van der Waals surface area contributed by atoms with Crippen LogP contribution < -0.4 is 4.90 Å². The Morgan fingerprint density at radius 1 is 1.04 bits per heavy atom. The molecule has 146 valence electrons. The van der Waals surface area contributed by atoms with Crippen LogP contribution in [0.15, 0.2) is 48.5 Å². The fraction of sp³-hybridized carbons (Fsp3) is 0.500. The van der Waals surface area contributed by atoms with Crippen molar-refractivity contribution in [3.05, 3.63) is 65.2 Å². The number of hydrogen-bond acceptors (Lipinski definition) is 2. The van der Waals surface area contributed by atoms with Crippen molar-refractivity contribution in [1.82, 2.24) is 0 Å². The second kappa shape index (κ2) is 6.76. The van der Waals surface area contributed by atoms with Crippen molar-refractivity contribution in [2.24, 2.45) is 17.3 Å². The van der Waals surface area contributed by atoms with Gasteiger partial charge in [0.25, 0.3) is 0 Å². The topological polar surface area (TPSA) is 20.3 Å². The van der Waals surface area contributed by atoms with Crippen LogP contribution in [0.4, 0.5) is 5.69 Å². The van der Waals surface area contributed by atoms with Gasteiger partial charge in [0.2, 0.25) is 0 Å². The van der Waals surface area contributed by atoms with Crippen LogP contribution in [0.1, 0.15) is 61.6 Å². The standard InChI is InChI=1S/C26H31NO/c1-26-15-14-22-21-10-8-18(17-27(2)20-6-4-3-5-7-20)16-19(21)9-11-23(22)24(26)12-13-25(26)28/h3-8,10,16,22-24H,9,11-15,17H2,1-2H3/t22-,23-,24+,26+/m1/s1. The summed E-state index contributed by atoms with van der Waals surface area (Å²) in [6.07, 6.45) is 6.69. The predicted octanol–water partition coefficient (Wildman–Crippen LogP) is 5.75. The molecule has 2 aromatic rings. The summed E-state index contributed by atoms with van der Waals surface area (Å²) in [4.78, 5) is 14.8. The van der Waals surface area contributed by atoms with Crippen LogP contribution >= 0.6 is 0 Å². The first-order chi connectivity index (χ1) is 13.6. The van der Waals surface area contributed by atoms with Crippen molar-refractivity contribution in [3.8, 4) is 0 Å². The van der Waals surface area contributed by atoms with Crippen LogP contribution in [0.2, 0.25) is 0 Å². The zero-order chi connectivity index (χ0) is 19.3. The van der Waals surface area contributed by atoms with Crippen LogP contribution in [0.5, 0.6) is 0 Å². The highest BCUT2D eigenvalue weighted by Gasteiger charge is 2.54. The molecule has 2 heteroatoms. The summed E-state index contributed by atoms with van der Waals surface area (Å²) in [5.41, 5.74) is 5.80. The fourth-order valence-corrected chi connectivity index (χ4v) is 6.55. The summed E-state index contributed by atoms with van der Waals surface area (Å²) in [7, 11) is 2.17. The molecular weight excluding hydrogens is 342 g/mol. The minimum absolute atomic E-state index is 0.0169. The number of benzene rings is 2. The average molecular weight is 374 g/mol. The van der Waals surface area contributed by atoms with E-state index in [0.717, 1.165) is 31.7 Å². The molecule has 0 bridgehead atoms. The summed E-state index contributed by atoms with van der Waals surface area (Å²) in [6.45, 7) is 3.21. The molecule has 0 aromatic heterocycles. The van der Waals surface area contributed by atoms with E-state index in [-0.39, 0.29) is 5.41 Å². The second-order valence-corrected chi connectivity index (χ2v) is 9.56. The van der Waals surface area contributed by atoms with E-state index >= 15 is 0 Å². The van der Waals surface area contributed by atoms with Crippen LogP contribution in [0.3, 0.4) is 0 Å². The number of Topliss-reactive ketones (excluding diaryl/α,β-unsaturated/α-hetero) is 1. The number of rotatable bonds is 3. The second-order valence-electron chi connectivity index (χ2n) is 9.56. The van der Waals surface area contributed by atoms with Crippen LogP contribution in [0, 0.1) is 17.3 Å². The van der Waals surface area contributed by atoms with E-state index in [1.54, 1.807) is 11.1 Å². The molecule has 0 radical (unpaired) electrons. The van der Waals surface area contributed by atoms with Crippen LogP contribution in [-0.4, -0.2) is 12.8 Å². The van der Waals surface area contributed by atoms with Crippen molar-refractivity contribution >= 4 is 11.5 Å². The molecule has 0 saturated heterocycles. The van der Waals surface area contributed by atoms with Crippen molar-refractivity contribution in [1.29, 1.82) is 0 Å². The van der Waals surface area contributed by atoms with Gasteiger partial charge in [0.1, 0.15) is 5.78 Å². The number of aryl methyl sites for hydroxylation is 1. The third kappa shape index (κ3) is 2.80. The van der Waals surface area contributed by atoms with Gasteiger partial charge in [-0.25, -0.2) is 0 Å². The third-order valence-corrected chi connectivity index (χ3v) is 8.12. The molecule has 2 saturated carbocycles. The summed E-state index contributed by atoms with van der Waals surface area (Å²) < 4.78 is 0. The molecular formula is C26H31NO. The molecule has 2 nitrogen and oxygen atoms in total. The Kier molecular flexibility index (Phi) is 4.34. The molecule has 2 aromatic carbocycles. The number of carbonyl (C=O) groups is 1. The number of para-hydroxylation sites is 1. The predicted molar refractivity (Wildman–Crippen MR) is 115 cm³/mol. The largest absolute Gasteiger partial charge is 0.370 e. The first kappa shape index (κ1) is 18.0. The minimum Gasteiger partial charge on any atom is -0.370 e. The monoisotopic (exact) mass is 373 g/mol. The molecule has 0 N–H and O–H groups in total. The van der Waals surface area contributed by atoms with Gasteiger partial charge < -0.3 is 4.90 Å². The van der Waals surface area contributed by atoms with Gasteiger partial charge in [-0.1, -0.05) is 43.3 Å². The Bertz CT molecular complexity index is 889. The lowest BCUT2D eigenvalue weighted by Crippen LogP contribution is -2.42. The Morgan fingerprint density at radius 3 is 2.68 bits per heavy atom. The van der Waals surface area contributed by atoms with Crippen molar-refractivity contribution < 1.29 is 4.79 Å². The molecule has 4 atom stereocenters. The summed E-state index contributed by atoms with van der Waals surface area (Å²) in [5, 5.41) is 0. The number of fused-ring (bicyclic) bond motifs is 5. The lowest BCUT2D eigenvalue weighted by atomic mass is 9.55. The van der Waals surface area contributed by atoms with E-state index < -0.39 is 0 Å². The van der Waals surface area contributed by atoms with Gasteiger partial charge in [-0.05, 0) is 78.7 Å². The van der Waals surface area contributed by atoms with Gasteiger partial charge in [-0.3, -0.25) is 4.79 Å². The zero-order valence-electron chi connectivity index (χ0n) is 17.2. The normalized spacial score (nSPS) is 31.1. The molecule has 0 spiro atoms. The SMILES string of the molecule is CN(Cc1ccc2c(c1)CC[C@@H]1[C@@H]2CC[C@]2(C)C(=O)CC[C@@H]12)c1ccccc1. The van der Waals surface area contributed by atoms with Crippen molar-refractivity contribution in [3.63, 3.8) is 0 Å². The molecule has 0 heterocycles. The van der Waals surface area contributed by atoms with Gasteiger partial charge in [0.15, 0.2) is 0 Å². The number of ketones is 1. The maximum atomic E-state index is 12.5. The summed E-state index contributed by atoms with van der Waals surface area (Å²) in [6, 6.07) is 17.8. The van der Waals surface area contributed by atoms with Gasteiger partial charge in [0, 0.05) is 31.1 Å². The first-order valence-electron chi connectivity index (χ1n) is 11.0. The van der Waals surface area contributed by atoms with Crippen LogP contribution in [0.25, 0.3) is 0 Å². The maximum absolute atomic E-state index is 12.5. The molecule has 3 aliphatic carbocycles. The van der Waals surface area contributed by atoms with Gasteiger partial charge >= 0.3 is 0 Å². The van der Waals surface area contributed by atoms with E-state index in [0.29, 0.717) is 17.6 Å². The third-order valence-electron chi connectivity index (χ3n) is 8.12. The summed E-state index contributed by atoms with van der Waals surface area (Å²) in [5.74, 6) is 2.56. The quantitative estimate of drug-likeness (QED) is 0.683. The van der Waals surface area contributed by atoms with Crippen molar-refractivity contribution in [2.45, 2.75) is 57.9 Å². The molecule has 0 unspecified atom stereocenters. The summed E-state index contributed by atoms with van der Waals surface area (Å²) >= 11 is 0. The minimum atomic E-state index is -0.0169. The Balaban J connectivity index is 1.37. The number of anilines is 1. The lowest BCUT2D eigenvalue weighted by Gasteiger charge is -2.48. The number of carbonyl (C=O) groups excluding carboxylic acids is 1.